The summed E-state index contributed by atoms with van der Waals surface area (Å²) in [4.78, 5) is 27.1. The molecule has 0 saturated carbocycles. The summed E-state index contributed by atoms with van der Waals surface area (Å²) in [6, 6.07) is 9.29. The second-order valence-corrected chi connectivity index (χ2v) is 6.17. The molecule has 0 fully saturated rings. The number of benzene rings is 2. The summed E-state index contributed by atoms with van der Waals surface area (Å²) in [6.07, 6.45) is 0. The standard InChI is InChI=1S/C15H10ClN3O4S/c1-23-11-3-2-4-12-13(11)17-15(24-12)18-14(20)9-6-5-8(16)7-10(9)19(21)22/h2-7H,1H3,(H,17,18,20). The zero-order valence-corrected chi connectivity index (χ0v) is 13.9. The molecule has 9 heteroatoms. The fraction of sp³-hybridized carbons (Fsp3) is 0.0667. The van der Waals surface area contributed by atoms with Crippen LogP contribution < -0.4 is 10.1 Å². The van der Waals surface area contributed by atoms with Crippen LogP contribution in [0.25, 0.3) is 10.2 Å². The van der Waals surface area contributed by atoms with Crippen LogP contribution in [0.1, 0.15) is 10.4 Å². The van der Waals surface area contributed by atoms with E-state index in [9.17, 15) is 14.9 Å². The summed E-state index contributed by atoms with van der Waals surface area (Å²) in [5.74, 6) is -0.0434. The highest BCUT2D eigenvalue weighted by Crippen LogP contribution is 2.32. The maximum atomic E-state index is 12.4. The number of rotatable bonds is 4. The number of ether oxygens (including phenoxy) is 1. The molecule has 0 unspecified atom stereocenters. The van der Waals surface area contributed by atoms with E-state index in [-0.39, 0.29) is 16.3 Å². The van der Waals surface area contributed by atoms with Crippen LogP contribution in [-0.2, 0) is 0 Å². The van der Waals surface area contributed by atoms with Gasteiger partial charge in [0, 0.05) is 11.1 Å². The number of amides is 1. The van der Waals surface area contributed by atoms with Crippen LogP contribution in [0.3, 0.4) is 0 Å². The molecule has 3 aromatic rings. The van der Waals surface area contributed by atoms with E-state index < -0.39 is 10.8 Å². The fourth-order valence-corrected chi connectivity index (χ4v) is 3.20. The number of aromatic nitrogens is 1. The Morgan fingerprint density at radius 3 is 2.88 bits per heavy atom. The molecule has 0 saturated heterocycles. The first-order valence-corrected chi connectivity index (χ1v) is 7.88. The lowest BCUT2D eigenvalue weighted by Gasteiger charge is -2.03. The van der Waals surface area contributed by atoms with Gasteiger partial charge in [-0.2, -0.15) is 0 Å². The van der Waals surface area contributed by atoms with E-state index >= 15 is 0 Å². The minimum atomic E-state index is -0.651. The van der Waals surface area contributed by atoms with Crippen LogP contribution in [0.2, 0.25) is 5.02 Å². The second kappa shape index (κ2) is 6.42. The highest BCUT2D eigenvalue weighted by molar-refractivity contribution is 7.22. The van der Waals surface area contributed by atoms with Crippen molar-refractivity contribution in [2.75, 3.05) is 12.4 Å². The van der Waals surface area contributed by atoms with Gasteiger partial charge < -0.3 is 4.74 Å². The van der Waals surface area contributed by atoms with E-state index in [0.717, 1.165) is 10.8 Å². The van der Waals surface area contributed by atoms with Crippen molar-refractivity contribution in [1.82, 2.24) is 4.98 Å². The van der Waals surface area contributed by atoms with Gasteiger partial charge in [-0.1, -0.05) is 29.0 Å². The lowest BCUT2D eigenvalue weighted by atomic mass is 10.1. The monoisotopic (exact) mass is 363 g/mol. The number of halogens is 1. The number of para-hydroxylation sites is 1. The summed E-state index contributed by atoms with van der Waals surface area (Å²) in [6.45, 7) is 0. The fourth-order valence-electron chi connectivity index (χ4n) is 2.15. The van der Waals surface area contributed by atoms with E-state index in [2.05, 4.69) is 10.3 Å². The molecule has 1 aromatic heterocycles. The number of nitrogens with one attached hydrogen (secondary N) is 1. The maximum Gasteiger partial charge on any atom is 0.283 e. The van der Waals surface area contributed by atoms with E-state index in [4.69, 9.17) is 16.3 Å². The van der Waals surface area contributed by atoms with Gasteiger partial charge in [-0.25, -0.2) is 4.98 Å². The highest BCUT2D eigenvalue weighted by Gasteiger charge is 2.21. The van der Waals surface area contributed by atoms with Crippen molar-refractivity contribution in [2.24, 2.45) is 0 Å². The highest BCUT2D eigenvalue weighted by atomic mass is 35.5. The molecule has 0 bridgehead atoms. The molecule has 1 N–H and O–H groups in total. The Labute approximate surface area is 145 Å². The Bertz CT molecular complexity index is 957. The Kier molecular flexibility index (Phi) is 4.32. The number of fused-ring (bicyclic) bond motifs is 1. The molecular formula is C15H10ClN3O4S. The van der Waals surface area contributed by atoms with Gasteiger partial charge in [0.2, 0.25) is 0 Å². The average Bonchev–Trinajstić information content (AvgIpc) is 2.96. The van der Waals surface area contributed by atoms with E-state index in [1.54, 1.807) is 6.07 Å². The normalized spacial score (nSPS) is 10.6. The first kappa shape index (κ1) is 16.2. The largest absolute Gasteiger partial charge is 0.494 e. The average molecular weight is 364 g/mol. The Hall–Kier alpha value is -2.71. The number of nitrogens with zero attached hydrogens (tertiary/aromatic N) is 2. The van der Waals surface area contributed by atoms with Crippen molar-refractivity contribution < 1.29 is 14.5 Å². The number of methoxy groups -OCH3 is 1. The zero-order chi connectivity index (χ0) is 17.3. The molecule has 0 aliphatic heterocycles. The van der Waals surface area contributed by atoms with Gasteiger partial charge in [0.1, 0.15) is 16.8 Å². The molecule has 24 heavy (non-hydrogen) atoms. The number of anilines is 1. The minimum absolute atomic E-state index is 0.0874. The SMILES string of the molecule is COc1cccc2sc(NC(=O)c3ccc(Cl)cc3[N+](=O)[O-])nc12. The first-order chi connectivity index (χ1) is 11.5. The molecule has 0 atom stereocenters. The molecule has 1 heterocycles. The number of carbonyl (C=O) groups is 1. The predicted octanol–water partition coefficient (Wildman–Crippen LogP) is 4.12. The number of nitro groups is 1. The van der Waals surface area contributed by atoms with E-state index in [1.165, 1.54) is 30.6 Å². The van der Waals surface area contributed by atoms with Gasteiger partial charge in [0.05, 0.1) is 16.7 Å². The lowest BCUT2D eigenvalue weighted by Crippen LogP contribution is -2.13. The van der Waals surface area contributed by atoms with Crippen LogP contribution in [0.5, 0.6) is 5.75 Å². The van der Waals surface area contributed by atoms with Crippen molar-refractivity contribution in [3.63, 3.8) is 0 Å². The molecule has 2 aromatic carbocycles. The van der Waals surface area contributed by atoms with Crippen LogP contribution in [0.4, 0.5) is 10.8 Å². The van der Waals surface area contributed by atoms with Crippen LogP contribution in [0, 0.1) is 10.1 Å². The molecule has 0 aliphatic carbocycles. The summed E-state index contributed by atoms with van der Waals surface area (Å²) in [5, 5.41) is 14.2. The number of thiazole rings is 1. The second-order valence-electron chi connectivity index (χ2n) is 4.70. The predicted molar refractivity (Wildman–Crippen MR) is 92.2 cm³/mol. The Morgan fingerprint density at radius 2 is 2.17 bits per heavy atom. The van der Waals surface area contributed by atoms with Crippen molar-refractivity contribution in [1.29, 1.82) is 0 Å². The minimum Gasteiger partial charge on any atom is -0.494 e. The number of nitro benzene ring substituents is 1. The molecular weight excluding hydrogens is 354 g/mol. The first-order valence-electron chi connectivity index (χ1n) is 6.68. The van der Waals surface area contributed by atoms with E-state index in [0.29, 0.717) is 16.4 Å². The summed E-state index contributed by atoms with van der Waals surface area (Å²) in [7, 11) is 1.53. The third-order valence-electron chi connectivity index (χ3n) is 3.22. The van der Waals surface area contributed by atoms with Crippen molar-refractivity contribution >= 4 is 49.9 Å². The quantitative estimate of drug-likeness (QED) is 0.555. The zero-order valence-electron chi connectivity index (χ0n) is 12.3. The summed E-state index contributed by atoms with van der Waals surface area (Å²) >= 11 is 7.00. The molecule has 7 nitrogen and oxygen atoms in total. The molecule has 0 spiro atoms. The molecule has 0 radical (unpaired) electrons. The van der Waals surface area contributed by atoms with Crippen LogP contribution >= 0.6 is 22.9 Å². The third-order valence-corrected chi connectivity index (χ3v) is 4.39. The van der Waals surface area contributed by atoms with Gasteiger partial charge in [-0.05, 0) is 24.3 Å². The van der Waals surface area contributed by atoms with E-state index in [1.807, 2.05) is 12.1 Å². The van der Waals surface area contributed by atoms with Crippen molar-refractivity contribution in [2.45, 2.75) is 0 Å². The molecule has 0 aliphatic rings. The molecule has 122 valence electrons. The Morgan fingerprint density at radius 1 is 1.38 bits per heavy atom. The Balaban J connectivity index is 1.95. The maximum absolute atomic E-state index is 12.4. The van der Waals surface area contributed by atoms with Gasteiger partial charge in [0.15, 0.2) is 5.13 Å². The molecule has 1 amide bonds. The number of carbonyl (C=O) groups excluding carboxylic acids is 1. The molecule has 3 rings (SSSR count). The number of hydrogen-bond acceptors (Lipinski definition) is 6. The summed E-state index contributed by atoms with van der Waals surface area (Å²) < 4.78 is 6.05. The van der Waals surface area contributed by atoms with Gasteiger partial charge in [-0.15, -0.1) is 0 Å². The van der Waals surface area contributed by atoms with Gasteiger partial charge in [0.25, 0.3) is 11.6 Å². The van der Waals surface area contributed by atoms with Crippen molar-refractivity contribution in [3.05, 3.63) is 57.1 Å². The topological polar surface area (TPSA) is 94.4 Å². The van der Waals surface area contributed by atoms with Crippen LogP contribution in [-0.4, -0.2) is 22.9 Å². The summed E-state index contributed by atoms with van der Waals surface area (Å²) in [5.41, 5.74) is 0.167. The van der Waals surface area contributed by atoms with Crippen molar-refractivity contribution in [3.8, 4) is 5.75 Å². The van der Waals surface area contributed by atoms with Gasteiger partial charge in [-0.3, -0.25) is 20.2 Å². The lowest BCUT2D eigenvalue weighted by molar-refractivity contribution is -0.385. The van der Waals surface area contributed by atoms with Crippen LogP contribution in [0.15, 0.2) is 36.4 Å². The van der Waals surface area contributed by atoms with Gasteiger partial charge >= 0.3 is 0 Å². The smallest absolute Gasteiger partial charge is 0.283 e. The number of hydrogen-bond donors (Lipinski definition) is 1. The third kappa shape index (κ3) is 3.01.